The van der Waals surface area contributed by atoms with Gasteiger partial charge in [-0.05, 0) is 26.7 Å². The van der Waals surface area contributed by atoms with E-state index in [2.05, 4.69) is 27.7 Å². The van der Waals surface area contributed by atoms with Crippen molar-refractivity contribution < 1.29 is 9.47 Å². The molecule has 0 aromatic carbocycles. The summed E-state index contributed by atoms with van der Waals surface area (Å²) in [5, 5.41) is 0. The van der Waals surface area contributed by atoms with Crippen LogP contribution < -0.4 is 0 Å². The third-order valence-corrected chi connectivity index (χ3v) is 7.19. The fourth-order valence-corrected chi connectivity index (χ4v) is 5.29. The maximum absolute atomic E-state index is 6.22. The number of ether oxygens (including phenoxy) is 2. The van der Waals surface area contributed by atoms with E-state index in [9.17, 15) is 0 Å². The normalized spacial score (nSPS) is 20.6. The summed E-state index contributed by atoms with van der Waals surface area (Å²) >= 11 is 0. The molecule has 1 saturated heterocycles. The van der Waals surface area contributed by atoms with Crippen molar-refractivity contribution in [3.05, 3.63) is 0 Å². The molecule has 32 heavy (non-hydrogen) atoms. The number of hydrogen-bond acceptors (Lipinski definition) is 2. The van der Waals surface area contributed by atoms with Gasteiger partial charge >= 0.3 is 0 Å². The summed E-state index contributed by atoms with van der Waals surface area (Å²) < 4.78 is 12.4. The Labute approximate surface area is 203 Å². The number of unbranched alkanes of at least 4 members (excludes halogenated alkanes) is 18. The van der Waals surface area contributed by atoms with Crippen molar-refractivity contribution in [3.63, 3.8) is 0 Å². The van der Waals surface area contributed by atoms with Crippen LogP contribution in [0.15, 0.2) is 0 Å². The zero-order valence-electron chi connectivity index (χ0n) is 22.7. The summed E-state index contributed by atoms with van der Waals surface area (Å²) in [5.74, 6) is -0.394. The van der Waals surface area contributed by atoms with Gasteiger partial charge < -0.3 is 9.47 Å². The summed E-state index contributed by atoms with van der Waals surface area (Å²) in [6, 6.07) is 0. The first-order valence-electron chi connectivity index (χ1n) is 14.9. The molecule has 1 aliphatic heterocycles. The minimum Gasteiger partial charge on any atom is -0.347 e. The van der Waals surface area contributed by atoms with Crippen LogP contribution in [0.25, 0.3) is 0 Å². The van der Waals surface area contributed by atoms with Crippen LogP contribution >= 0.6 is 0 Å². The van der Waals surface area contributed by atoms with Crippen molar-refractivity contribution in [2.75, 3.05) is 0 Å². The molecule has 0 unspecified atom stereocenters. The van der Waals surface area contributed by atoms with Gasteiger partial charge in [-0.25, -0.2) is 0 Å². The lowest BCUT2D eigenvalue weighted by atomic mass is 9.98. The smallest absolute Gasteiger partial charge is 0.163 e. The van der Waals surface area contributed by atoms with Crippen molar-refractivity contribution in [3.8, 4) is 0 Å². The summed E-state index contributed by atoms with van der Waals surface area (Å²) in [7, 11) is 0. The summed E-state index contributed by atoms with van der Waals surface area (Å²) in [5.41, 5.74) is 0. The molecule has 0 radical (unpaired) electrons. The fraction of sp³-hybridized carbons (Fsp3) is 1.00. The molecule has 1 heterocycles. The monoisotopic (exact) mass is 452 g/mol. The molecule has 0 aromatic heterocycles. The Morgan fingerprint density at radius 3 is 1.12 bits per heavy atom. The minimum atomic E-state index is -0.394. The molecule has 1 aliphatic rings. The van der Waals surface area contributed by atoms with E-state index < -0.39 is 5.79 Å². The van der Waals surface area contributed by atoms with Gasteiger partial charge in [0.2, 0.25) is 0 Å². The maximum atomic E-state index is 6.22. The lowest BCUT2D eigenvalue weighted by Gasteiger charge is -2.41. The predicted octanol–water partition coefficient (Wildman–Crippen LogP) is 10.5. The molecule has 0 spiro atoms. The highest BCUT2D eigenvalue weighted by atomic mass is 16.7. The second-order valence-corrected chi connectivity index (χ2v) is 11.1. The molecular weight excluding hydrogens is 392 g/mol. The van der Waals surface area contributed by atoms with Crippen LogP contribution in [-0.2, 0) is 9.47 Å². The van der Waals surface area contributed by atoms with Gasteiger partial charge in [0.25, 0.3) is 0 Å². The first-order chi connectivity index (χ1) is 15.6. The van der Waals surface area contributed by atoms with Crippen molar-refractivity contribution in [1.82, 2.24) is 0 Å². The first kappa shape index (κ1) is 30.0. The maximum Gasteiger partial charge on any atom is 0.163 e. The Balaban J connectivity index is 1.88. The van der Waals surface area contributed by atoms with E-state index in [-0.39, 0.29) is 0 Å². The van der Waals surface area contributed by atoms with Gasteiger partial charge in [0.15, 0.2) is 5.79 Å². The molecule has 1 rings (SSSR count). The zero-order chi connectivity index (χ0) is 23.3. The highest BCUT2D eigenvalue weighted by Crippen LogP contribution is 2.31. The van der Waals surface area contributed by atoms with E-state index in [0.717, 1.165) is 6.42 Å². The van der Waals surface area contributed by atoms with Crippen molar-refractivity contribution in [2.24, 2.45) is 0 Å². The van der Waals surface area contributed by atoms with Gasteiger partial charge in [0.1, 0.15) is 0 Å². The van der Waals surface area contributed by atoms with Crippen molar-refractivity contribution in [1.29, 1.82) is 0 Å². The lowest BCUT2D eigenvalue weighted by molar-refractivity contribution is -0.301. The van der Waals surface area contributed by atoms with Gasteiger partial charge in [-0.1, -0.05) is 142 Å². The molecule has 0 N–H and O–H groups in total. The lowest BCUT2D eigenvalue weighted by Crippen LogP contribution is -2.44. The van der Waals surface area contributed by atoms with Crippen LogP contribution in [-0.4, -0.2) is 18.0 Å². The van der Waals surface area contributed by atoms with Crippen LogP contribution in [0.1, 0.15) is 175 Å². The molecule has 0 aromatic rings. The van der Waals surface area contributed by atoms with Crippen LogP contribution in [0.2, 0.25) is 0 Å². The summed E-state index contributed by atoms with van der Waals surface area (Å²) in [6.45, 7) is 8.77. The molecule has 0 saturated carbocycles. The highest BCUT2D eigenvalue weighted by molar-refractivity contribution is 4.76. The van der Waals surface area contributed by atoms with Gasteiger partial charge in [-0.2, -0.15) is 0 Å². The minimum absolute atomic E-state index is 0.394. The van der Waals surface area contributed by atoms with E-state index in [0.29, 0.717) is 12.2 Å². The largest absolute Gasteiger partial charge is 0.347 e. The third-order valence-electron chi connectivity index (χ3n) is 7.19. The molecule has 2 heteroatoms. The average Bonchev–Trinajstić information content (AvgIpc) is 2.75. The predicted molar refractivity (Wildman–Crippen MR) is 141 cm³/mol. The van der Waals surface area contributed by atoms with E-state index in [1.807, 2.05) is 0 Å². The van der Waals surface area contributed by atoms with Crippen LogP contribution in [0, 0.1) is 0 Å². The molecular formula is C30H60O2. The van der Waals surface area contributed by atoms with Crippen LogP contribution in [0.5, 0.6) is 0 Å². The SMILES string of the molecule is CCCCCCCCCCCCCCCCCCC[C@@H]1C[C@@H](CCCCC)OC(C)(C)O1. The van der Waals surface area contributed by atoms with Gasteiger partial charge in [-0.15, -0.1) is 0 Å². The molecule has 0 aliphatic carbocycles. The number of hydrogen-bond donors (Lipinski definition) is 0. The van der Waals surface area contributed by atoms with E-state index >= 15 is 0 Å². The Hall–Kier alpha value is -0.0800. The highest BCUT2D eigenvalue weighted by Gasteiger charge is 2.34. The molecule has 1 fully saturated rings. The first-order valence-corrected chi connectivity index (χ1v) is 14.9. The van der Waals surface area contributed by atoms with E-state index in [1.165, 1.54) is 141 Å². The Kier molecular flexibility index (Phi) is 19.0. The average molecular weight is 453 g/mol. The quantitative estimate of drug-likeness (QED) is 0.152. The topological polar surface area (TPSA) is 18.5 Å². The van der Waals surface area contributed by atoms with Crippen LogP contribution in [0.4, 0.5) is 0 Å². The standard InChI is InChI=1S/C30H60O2/c1-5-7-9-10-11-12-13-14-15-16-17-18-19-20-21-22-24-26-29-27-28(25-23-8-6-2)31-30(3,4)32-29/h28-29H,5-27H2,1-4H3/t28-,29-/m1/s1. The second kappa shape index (κ2) is 20.3. The Bertz CT molecular complexity index is 392. The van der Waals surface area contributed by atoms with Gasteiger partial charge in [0.05, 0.1) is 12.2 Å². The van der Waals surface area contributed by atoms with Crippen molar-refractivity contribution in [2.45, 2.75) is 193 Å². The van der Waals surface area contributed by atoms with Gasteiger partial charge in [-0.3, -0.25) is 0 Å². The van der Waals surface area contributed by atoms with E-state index in [1.54, 1.807) is 0 Å². The van der Waals surface area contributed by atoms with Crippen molar-refractivity contribution >= 4 is 0 Å². The summed E-state index contributed by atoms with van der Waals surface area (Å²) in [6.07, 6.45) is 32.7. The Morgan fingerprint density at radius 2 is 0.750 bits per heavy atom. The van der Waals surface area contributed by atoms with Crippen LogP contribution in [0.3, 0.4) is 0 Å². The zero-order valence-corrected chi connectivity index (χ0v) is 22.7. The molecule has 2 atom stereocenters. The number of rotatable bonds is 22. The third kappa shape index (κ3) is 17.4. The Morgan fingerprint density at radius 1 is 0.469 bits per heavy atom. The second-order valence-electron chi connectivity index (χ2n) is 11.1. The molecule has 0 amide bonds. The molecule has 192 valence electrons. The summed E-state index contributed by atoms with van der Waals surface area (Å²) in [4.78, 5) is 0. The fourth-order valence-electron chi connectivity index (χ4n) is 5.29. The molecule has 0 bridgehead atoms. The van der Waals surface area contributed by atoms with Gasteiger partial charge in [0, 0.05) is 6.42 Å². The van der Waals surface area contributed by atoms with E-state index in [4.69, 9.17) is 9.47 Å². The molecule has 2 nitrogen and oxygen atoms in total.